The maximum atomic E-state index is 4.52. The van der Waals surface area contributed by atoms with Gasteiger partial charge in [-0.25, -0.2) is 0 Å². The minimum Gasteiger partial charge on any atom is -0.311 e. The number of hydrogen-bond acceptors (Lipinski definition) is 10. The highest BCUT2D eigenvalue weighted by Crippen LogP contribution is 2.44. The molecule has 0 bridgehead atoms. The zero-order valence-corrected chi connectivity index (χ0v) is 44.6. The Hall–Kier alpha value is -11.4. The highest BCUT2D eigenvalue weighted by atomic mass is 15.2. The molecule has 0 aliphatic carbocycles. The Morgan fingerprint density at radius 2 is 0.244 bits per heavy atom. The van der Waals surface area contributed by atoms with Gasteiger partial charge in [0.2, 0.25) is 0 Å². The second kappa shape index (κ2) is 25.0. The van der Waals surface area contributed by atoms with E-state index in [1.54, 1.807) is 0 Å². The predicted molar refractivity (Wildman–Crippen MR) is 337 cm³/mol. The van der Waals surface area contributed by atoms with Crippen molar-refractivity contribution in [1.82, 2.24) is 0 Å². The second-order valence-electron chi connectivity index (χ2n) is 19.1. The summed E-state index contributed by atoms with van der Waals surface area (Å²) < 4.78 is 0. The van der Waals surface area contributed by atoms with Crippen LogP contribution in [-0.2, 0) is 0 Å². The summed E-state index contributed by atoms with van der Waals surface area (Å²) in [7, 11) is 0. The molecule has 0 spiro atoms. The monoisotopic (exact) mass is 1060 g/mol. The fourth-order valence-corrected chi connectivity index (χ4v) is 9.61. The maximum Gasteiger partial charge on any atom is 0.0858 e. The summed E-state index contributed by atoms with van der Waals surface area (Å²) in [4.78, 5) is 9.06. The topological polar surface area (TPSA) is 87.1 Å². The molecule has 0 aromatic heterocycles. The van der Waals surface area contributed by atoms with Crippen molar-refractivity contribution in [2.45, 2.75) is 0 Å². The fraction of sp³-hybridized carbons (Fsp3) is 0. The second-order valence-corrected chi connectivity index (χ2v) is 19.1. The van der Waals surface area contributed by atoms with E-state index in [0.29, 0.717) is 0 Å². The van der Waals surface area contributed by atoms with E-state index < -0.39 is 0 Å². The highest BCUT2D eigenvalue weighted by Gasteiger charge is 2.20. The molecule has 0 aliphatic heterocycles. The first-order valence-corrected chi connectivity index (χ1v) is 27.0. The van der Waals surface area contributed by atoms with Gasteiger partial charge in [-0.15, -0.1) is 0 Å². The van der Waals surface area contributed by atoms with Crippen LogP contribution in [0.2, 0.25) is 0 Å². The van der Waals surface area contributed by atoms with Crippen molar-refractivity contribution >= 4 is 102 Å². The van der Waals surface area contributed by atoms with Gasteiger partial charge in [0.25, 0.3) is 0 Å². The maximum absolute atomic E-state index is 4.52. The van der Waals surface area contributed by atoms with Crippen LogP contribution in [0.15, 0.2) is 358 Å². The molecule has 12 aromatic rings. The lowest BCUT2D eigenvalue weighted by Gasteiger charge is -2.30. The molecular formula is C72H54N10. The van der Waals surface area contributed by atoms with Gasteiger partial charge in [-0.2, -0.15) is 30.7 Å². The van der Waals surface area contributed by atoms with Crippen molar-refractivity contribution in [3.8, 4) is 0 Å². The van der Waals surface area contributed by atoms with Gasteiger partial charge in [0.05, 0.1) is 34.1 Å². The molecule has 0 radical (unpaired) electrons. The van der Waals surface area contributed by atoms with E-state index in [9.17, 15) is 0 Å². The normalized spacial score (nSPS) is 11.3. The summed E-state index contributed by atoms with van der Waals surface area (Å²) in [6.45, 7) is 0. The van der Waals surface area contributed by atoms with Gasteiger partial charge in [-0.3, -0.25) is 0 Å². The van der Waals surface area contributed by atoms with E-state index in [1.165, 1.54) is 0 Å². The lowest BCUT2D eigenvalue weighted by Crippen LogP contribution is -2.13. The largest absolute Gasteiger partial charge is 0.311 e. The van der Waals surface area contributed by atoms with E-state index in [4.69, 9.17) is 0 Å². The minimum absolute atomic E-state index is 0.766. The standard InChI is InChI=1S/C72H54N10/c1-7-19-55(20-8-1)73-76-58-31-37-64(38-32-58)79(61-25-13-4-14-26-61)67-43-49-70(50-44-67)82(71-51-45-68(46-52-71)80(62-27-15-5-16-28-62)65-39-33-59(34-40-65)77-74-56-21-9-2-10-22-56)72-53-47-69(48-54-72)81(63-29-17-6-18-30-63)66-41-35-60(36-42-66)78-75-57-23-11-3-12-24-57/h1-54H. The molecule has 0 saturated carbocycles. The van der Waals surface area contributed by atoms with Gasteiger partial charge in [0.15, 0.2) is 0 Å². The van der Waals surface area contributed by atoms with E-state index >= 15 is 0 Å². The molecule has 0 N–H and O–H groups in total. The molecule has 10 nitrogen and oxygen atoms in total. The molecule has 10 heteroatoms. The number of azo groups is 3. The van der Waals surface area contributed by atoms with Gasteiger partial charge in [0, 0.05) is 68.2 Å². The Kier molecular flexibility index (Phi) is 15.6. The van der Waals surface area contributed by atoms with Crippen LogP contribution in [0.4, 0.5) is 102 Å². The minimum atomic E-state index is 0.766. The molecule has 0 fully saturated rings. The van der Waals surface area contributed by atoms with Crippen LogP contribution >= 0.6 is 0 Å². The average molecular weight is 1060 g/mol. The Bertz CT molecular complexity index is 3590. The Morgan fingerprint density at radius 3 is 0.415 bits per heavy atom. The van der Waals surface area contributed by atoms with Crippen LogP contribution in [0.5, 0.6) is 0 Å². The van der Waals surface area contributed by atoms with Gasteiger partial charge in [-0.1, -0.05) is 109 Å². The molecule has 0 amide bonds. The Labute approximate surface area is 477 Å². The number of benzene rings is 12. The van der Waals surface area contributed by atoms with Crippen molar-refractivity contribution in [3.63, 3.8) is 0 Å². The van der Waals surface area contributed by atoms with Crippen LogP contribution in [-0.4, -0.2) is 0 Å². The zero-order chi connectivity index (χ0) is 55.1. The molecule has 0 aliphatic rings. The quantitative estimate of drug-likeness (QED) is 0.0801. The summed E-state index contributed by atoms with van der Waals surface area (Å²) in [5.74, 6) is 0. The van der Waals surface area contributed by atoms with E-state index in [1.807, 2.05) is 146 Å². The number of para-hydroxylation sites is 3. The average Bonchev–Trinajstić information content (AvgIpc) is 3.73. The van der Waals surface area contributed by atoms with Crippen LogP contribution in [0.1, 0.15) is 0 Å². The van der Waals surface area contributed by atoms with Crippen molar-refractivity contribution in [2.24, 2.45) is 30.7 Å². The SMILES string of the molecule is c1ccc(N=Nc2ccc(N(c3ccccc3)c3ccc(N(c4ccc(N(c5ccccc5)c5ccc(N=Nc6ccccc6)cc5)cc4)c4ccc(N(c5ccccc5)c5ccc(N=Nc6ccccc6)cc5)cc4)cc3)cc2)cc1. The Morgan fingerprint density at radius 1 is 0.122 bits per heavy atom. The van der Waals surface area contributed by atoms with Crippen molar-refractivity contribution < 1.29 is 0 Å². The van der Waals surface area contributed by atoms with E-state index in [0.717, 1.165) is 102 Å². The van der Waals surface area contributed by atoms with Gasteiger partial charge >= 0.3 is 0 Å². The van der Waals surface area contributed by atoms with Crippen LogP contribution in [0, 0.1) is 0 Å². The van der Waals surface area contributed by atoms with Crippen LogP contribution in [0.25, 0.3) is 0 Å². The van der Waals surface area contributed by atoms with Crippen molar-refractivity contribution in [1.29, 1.82) is 0 Å². The smallest absolute Gasteiger partial charge is 0.0858 e. The van der Waals surface area contributed by atoms with E-state index in [2.05, 4.69) is 232 Å². The molecule has 392 valence electrons. The molecular weight excluding hydrogens is 1000 g/mol. The van der Waals surface area contributed by atoms with Gasteiger partial charge in [-0.05, 0) is 218 Å². The predicted octanol–water partition coefficient (Wildman–Crippen LogP) is 22.8. The molecule has 0 unspecified atom stereocenters. The zero-order valence-electron chi connectivity index (χ0n) is 44.6. The third-order valence-corrected chi connectivity index (χ3v) is 13.6. The summed E-state index contributed by atoms with van der Waals surface area (Å²) in [5, 5.41) is 26.9. The summed E-state index contributed by atoms with van der Waals surface area (Å²) >= 11 is 0. The first kappa shape index (κ1) is 51.4. The lowest BCUT2D eigenvalue weighted by molar-refractivity contribution is 1.22. The fourth-order valence-electron chi connectivity index (χ4n) is 9.61. The molecule has 0 heterocycles. The van der Waals surface area contributed by atoms with Gasteiger partial charge < -0.3 is 19.6 Å². The van der Waals surface area contributed by atoms with E-state index in [-0.39, 0.29) is 0 Å². The molecule has 12 aromatic carbocycles. The van der Waals surface area contributed by atoms with Crippen molar-refractivity contribution in [2.75, 3.05) is 19.6 Å². The Balaban J connectivity index is 0.899. The highest BCUT2D eigenvalue weighted by molar-refractivity contribution is 5.85. The number of nitrogens with zero attached hydrogens (tertiary/aromatic N) is 10. The number of anilines is 12. The molecule has 0 atom stereocenters. The third kappa shape index (κ3) is 12.3. The summed E-state index contributed by atoms with van der Waals surface area (Å²) in [6, 6.07) is 111. The van der Waals surface area contributed by atoms with Crippen LogP contribution < -0.4 is 19.6 Å². The summed E-state index contributed by atoms with van der Waals surface area (Å²) in [6.07, 6.45) is 0. The first-order chi connectivity index (χ1) is 40.6. The molecule has 82 heavy (non-hydrogen) atoms. The number of hydrogen-bond donors (Lipinski definition) is 0. The lowest BCUT2D eigenvalue weighted by atomic mass is 10.1. The molecule has 12 rings (SSSR count). The first-order valence-electron chi connectivity index (χ1n) is 27.0. The number of rotatable bonds is 18. The summed E-state index contributed by atoms with van der Waals surface area (Å²) in [5.41, 5.74) is 16.7. The third-order valence-electron chi connectivity index (χ3n) is 13.6. The van der Waals surface area contributed by atoms with Crippen LogP contribution in [0.3, 0.4) is 0 Å². The molecule has 0 saturated heterocycles. The van der Waals surface area contributed by atoms with Gasteiger partial charge in [0.1, 0.15) is 0 Å². The van der Waals surface area contributed by atoms with Crippen molar-refractivity contribution in [3.05, 3.63) is 328 Å².